The van der Waals surface area contributed by atoms with Crippen molar-refractivity contribution in [3.8, 4) is 34.5 Å². The molecule has 0 radical (unpaired) electrons. The summed E-state index contributed by atoms with van der Waals surface area (Å²) in [5.41, 5.74) is 0.534. The Bertz CT molecular complexity index is 749. The van der Waals surface area contributed by atoms with E-state index in [1.54, 1.807) is 12.1 Å². The van der Waals surface area contributed by atoms with Crippen LogP contribution in [-0.4, -0.2) is 51.1 Å². The lowest BCUT2D eigenvalue weighted by Gasteiger charge is -2.17. The monoisotopic (exact) mass is 373 g/mol. The smallest absolute Gasteiger partial charge is 0.202 e. The van der Waals surface area contributed by atoms with Crippen LogP contribution >= 0.6 is 0 Å². The third-order valence-corrected chi connectivity index (χ3v) is 4.64. The average Bonchev–Trinajstić information content (AvgIpc) is 3.28. The summed E-state index contributed by atoms with van der Waals surface area (Å²) in [5, 5.41) is 20.2. The summed E-state index contributed by atoms with van der Waals surface area (Å²) in [6, 6.07) is 4.91. The first kappa shape index (κ1) is 19.5. The molecule has 1 aromatic carbocycles. The Morgan fingerprint density at radius 3 is 2.41 bits per heavy atom. The number of phenolic OH excluding ortho intramolecular Hbond substituents is 1. The number of aromatic nitrogens is 3. The van der Waals surface area contributed by atoms with Crippen LogP contribution < -0.4 is 4.74 Å². The Kier molecular flexibility index (Phi) is 6.58. The molecule has 2 N–H and O–H groups in total. The van der Waals surface area contributed by atoms with E-state index in [4.69, 9.17) is 9.47 Å². The minimum absolute atomic E-state index is 0.0324. The van der Waals surface area contributed by atoms with E-state index in [2.05, 4.69) is 28.8 Å². The third-order valence-electron chi connectivity index (χ3n) is 4.64. The Morgan fingerprint density at radius 2 is 1.74 bits per heavy atom. The van der Waals surface area contributed by atoms with Gasteiger partial charge in [0.15, 0.2) is 5.82 Å². The summed E-state index contributed by atoms with van der Waals surface area (Å²) in [6.45, 7) is 5.36. The van der Waals surface area contributed by atoms with Gasteiger partial charge in [0, 0.05) is 12.7 Å². The van der Waals surface area contributed by atoms with Gasteiger partial charge in [-0.1, -0.05) is 33.1 Å². The van der Waals surface area contributed by atoms with Gasteiger partial charge in [-0.05, 0) is 24.5 Å². The molecule has 27 heavy (non-hydrogen) atoms. The molecule has 3 rings (SSSR count). The zero-order valence-electron chi connectivity index (χ0n) is 15.9. The van der Waals surface area contributed by atoms with E-state index in [-0.39, 0.29) is 19.0 Å². The molecule has 7 heteroatoms. The Labute approximate surface area is 159 Å². The van der Waals surface area contributed by atoms with Gasteiger partial charge in [0.05, 0.1) is 12.2 Å². The molecule has 0 amide bonds. The van der Waals surface area contributed by atoms with Crippen LogP contribution in [0.15, 0.2) is 18.2 Å². The molecule has 0 aromatic heterocycles. The number of imidazole rings is 1. The van der Waals surface area contributed by atoms with Gasteiger partial charge in [-0.2, -0.15) is 0 Å². The number of fused-ring (bicyclic) bond motifs is 1. The zero-order valence-corrected chi connectivity index (χ0v) is 15.9. The SMILES string of the molecule is CCCCC(CC)COCC(O)COc1ccc(-c2nc3nc-3n2)c(O)c1. The number of phenols is 1. The second-order valence-corrected chi connectivity index (χ2v) is 6.90. The highest BCUT2D eigenvalue weighted by atomic mass is 16.5. The molecule has 2 heterocycles. The lowest BCUT2D eigenvalue weighted by atomic mass is 10.0. The van der Waals surface area contributed by atoms with Gasteiger partial charge >= 0.3 is 0 Å². The van der Waals surface area contributed by atoms with Crippen LogP contribution in [0.25, 0.3) is 23.0 Å². The first-order valence-electron chi connectivity index (χ1n) is 9.59. The summed E-state index contributed by atoms with van der Waals surface area (Å²) in [5.74, 6) is 2.77. The quantitative estimate of drug-likeness (QED) is 0.503. The van der Waals surface area contributed by atoms with E-state index >= 15 is 0 Å². The third kappa shape index (κ3) is 5.37. The maximum atomic E-state index is 10.2. The standard InChI is InChI=1S/C20H27N3O4/c1-3-5-6-13(4-2)10-26-11-14(24)12-27-15-7-8-16(17(25)9-15)18-21-19-20(22-18)23-19/h7-9,13-14,24-25H,3-6,10-12H2,1-2H3. The van der Waals surface area contributed by atoms with Crippen molar-refractivity contribution >= 4 is 0 Å². The van der Waals surface area contributed by atoms with Crippen molar-refractivity contribution in [2.24, 2.45) is 5.92 Å². The molecule has 2 aliphatic heterocycles. The molecule has 2 atom stereocenters. The van der Waals surface area contributed by atoms with Gasteiger partial charge in [-0.25, -0.2) is 15.0 Å². The second-order valence-electron chi connectivity index (χ2n) is 6.90. The minimum atomic E-state index is -0.716. The molecule has 7 nitrogen and oxygen atoms in total. The van der Waals surface area contributed by atoms with Gasteiger partial charge in [0.2, 0.25) is 11.6 Å². The Hall–Kier alpha value is -2.25. The summed E-state index contributed by atoms with van der Waals surface area (Å²) in [7, 11) is 0. The van der Waals surface area contributed by atoms with Crippen molar-refractivity contribution in [3.63, 3.8) is 0 Å². The molecule has 0 aliphatic carbocycles. The van der Waals surface area contributed by atoms with Crippen molar-refractivity contribution in [1.82, 2.24) is 15.0 Å². The first-order chi connectivity index (χ1) is 13.1. The highest BCUT2D eigenvalue weighted by Gasteiger charge is 2.24. The molecule has 146 valence electrons. The van der Waals surface area contributed by atoms with E-state index < -0.39 is 6.10 Å². The fourth-order valence-corrected chi connectivity index (χ4v) is 2.87. The fraction of sp³-hybridized carbons (Fsp3) is 0.550. The minimum Gasteiger partial charge on any atom is -0.507 e. The summed E-state index contributed by atoms with van der Waals surface area (Å²) >= 11 is 0. The van der Waals surface area contributed by atoms with E-state index in [0.29, 0.717) is 41.3 Å². The normalized spacial score (nSPS) is 14.0. The van der Waals surface area contributed by atoms with Crippen molar-refractivity contribution in [2.45, 2.75) is 45.6 Å². The van der Waals surface area contributed by atoms with Crippen LogP contribution in [0.1, 0.15) is 39.5 Å². The molecule has 2 unspecified atom stereocenters. The molecule has 1 aromatic rings. The van der Waals surface area contributed by atoms with E-state index in [0.717, 1.165) is 12.8 Å². The molecular formula is C20H27N3O4. The molecule has 0 fully saturated rings. The van der Waals surface area contributed by atoms with E-state index in [1.807, 2.05) is 0 Å². The van der Waals surface area contributed by atoms with Gasteiger partial charge in [0.1, 0.15) is 24.2 Å². The number of nitrogens with zero attached hydrogens (tertiary/aromatic N) is 3. The number of ether oxygens (including phenoxy) is 2. The van der Waals surface area contributed by atoms with Crippen LogP contribution in [-0.2, 0) is 4.74 Å². The highest BCUT2D eigenvalue weighted by molar-refractivity contribution is 5.71. The van der Waals surface area contributed by atoms with Crippen LogP contribution in [0.4, 0.5) is 0 Å². The predicted octanol–water partition coefficient (Wildman–Crippen LogP) is 3.20. The fourth-order valence-electron chi connectivity index (χ4n) is 2.87. The van der Waals surface area contributed by atoms with Crippen molar-refractivity contribution in [3.05, 3.63) is 18.2 Å². The number of aromatic hydroxyl groups is 1. The lowest BCUT2D eigenvalue weighted by Crippen LogP contribution is -2.25. The van der Waals surface area contributed by atoms with Crippen LogP contribution in [0, 0.1) is 5.92 Å². The number of aliphatic hydroxyl groups is 1. The summed E-state index contributed by atoms with van der Waals surface area (Å²) in [4.78, 5) is 12.3. The second kappa shape index (κ2) is 9.10. The van der Waals surface area contributed by atoms with Gasteiger partial charge in [-0.15, -0.1) is 0 Å². The average molecular weight is 373 g/mol. The first-order valence-corrected chi connectivity index (χ1v) is 9.59. The topological polar surface area (TPSA) is 97.6 Å². The lowest BCUT2D eigenvalue weighted by molar-refractivity contribution is -0.00111. The highest BCUT2D eigenvalue weighted by Crippen LogP contribution is 2.34. The van der Waals surface area contributed by atoms with Gasteiger partial charge in [0.25, 0.3) is 0 Å². The summed E-state index contributed by atoms with van der Waals surface area (Å²) in [6.07, 6.45) is 3.93. The number of unbranched alkanes of at least 4 members (excludes halogenated alkanes) is 1. The summed E-state index contributed by atoms with van der Waals surface area (Å²) < 4.78 is 11.2. The van der Waals surface area contributed by atoms with E-state index in [1.165, 1.54) is 18.9 Å². The number of rotatable bonds is 12. The van der Waals surface area contributed by atoms with Crippen molar-refractivity contribution < 1.29 is 19.7 Å². The molecule has 0 spiro atoms. The van der Waals surface area contributed by atoms with Gasteiger partial charge < -0.3 is 19.7 Å². The number of hydrogen-bond acceptors (Lipinski definition) is 7. The Balaban J connectivity index is 1.41. The maximum Gasteiger partial charge on any atom is 0.202 e. The Morgan fingerprint density at radius 1 is 1.00 bits per heavy atom. The molecule has 2 aliphatic rings. The maximum absolute atomic E-state index is 10.2. The van der Waals surface area contributed by atoms with E-state index in [9.17, 15) is 10.2 Å². The van der Waals surface area contributed by atoms with Crippen molar-refractivity contribution in [2.75, 3.05) is 19.8 Å². The van der Waals surface area contributed by atoms with Crippen LogP contribution in [0.2, 0.25) is 0 Å². The van der Waals surface area contributed by atoms with Crippen molar-refractivity contribution in [1.29, 1.82) is 0 Å². The van der Waals surface area contributed by atoms with Gasteiger partial charge in [-0.3, -0.25) is 0 Å². The molecular weight excluding hydrogens is 346 g/mol. The molecule has 0 bridgehead atoms. The zero-order chi connectivity index (χ0) is 19.2. The molecule has 0 saturated heterocycles. The largest absolute Gasteiger partial charge is 0.507 e. The number of aliphatic hydroxyl groups excluding tert-OH is 1. The molecule has 0 saturated carbocycles. The number of hydrogen-bond donors (Lipinski definition) is 2. The predicted molar refractivity (Wildman–Crippen MR) is 102 cm³/mol. The van der Waals surface area contributed by atoms with Crippen LogP contribution in [0.3, 0.4) is 0 Å². The number of benzene rings is 1. The van der Waals surface area contributed by atoms with Crippen LogP contribution in [0.5, 0.6) is 11.5 Å².